The number of halogens is 2. The van der Waals surface area contributed by atoms with Crippen LogP contribution in [0.15, 0.2) is 77.1 Å². The number of carbonyl (C=O) groups excluding carboxylic acids is 1. The molecule has 1 unspecified atom stereocenters. The van der Waals surface area contributed by atoms with Gasteiger partial charge in [-0.3, -0.25) is 4.79 Å². The highest BCUT2D eigenvalue weighted by atomic mass is 35.5. The number of fused-ring (bicyclic) bond motifs is 1. The summed E-state index contributed by atoms with van der Waals surface area (Å²) in [5, 5.41) is 12.0. The molecule has 1 aliphatic heterocycles. The largest absolute Gasteiger partial charge is 0.493 e. The molecular weight excluding hydrogens is 589 g/mol. The molecule has 0 radical (unpaired) electrons. The Bertz CT molecular complexity index is 1650. The van der Waals surface area contributed by atoms with Crippen LogP contribution in [0.4, 0.5) is 16.0 Å². The van der Waals surface area contributed by atoms with Gasteiger partial charge in [-0.25, -0.2) is 9.07 Å². The van der Waals surface area contributed by atoms with Crippen LogP contribution in [0, 0.1) is 12.7 Å². The standard InChI is InChI=1S/C32H33ClFN5O3S/c1-5-6-15-43-32-37-31-35-20(3)28(30(40)36-22-10-7-9-19(2)16-22)29(39(31)38-32)21-13-14-26(27(17-21)41-4)42-18-23-24(33)11-8-12-25(23)34/h7-14,16-17,29H,5-6,15,18H2,1-4H3,(H,36,40)(H,35,37,38). The molecule has 4 aromatic rings. The number of anilines is 2. The maximum atomic E-state index is 14.4. The fourth-order valence-electron chi connectivity index (χ4n) is 4.82. The van der Waals surface area contributed by atoms with Crippen molar-refractivity contribution in [1.29, 1.82) is 0 Å². The lowest BCUT2D eigenvalue weighted by Crippen LogP contribution is -2.31. The van der Waals surface area contributed by atoms with Gasteiger partial charge in [-0.15, -0.1) is 5.10 Å². The first-order valence-corrected chi connectivity index (χ1v) is 15.3. The molecule has 0 saturated heterocycles. The second kappa shape index (κ2) is 13.5. The van der Waals surface area contributed by atoms with E-state index in [0.29, 0.717) is 39.6 Å². The third kappa shape index (κ3) is 6.81. The van der Waals surface area contributed by atoms with E-state index in [1.54, 1.807) is 40.7 Å². The van der Waals surface area contributed by atoms with Gasteiger partial charge in [-0.05, 0) is 67.8 Å². The van der Waals surface area contributed by atoms with Gasteiger partial charge in [0.2, 0.25) is 11.1 Å². The number of rotatable bonds is 11. The summed E-state index contributed by atoms with van der Waals surface area (Å²) < 4.78 is 27.7. The Morgan fingerprint density at radius 1 is 1.14 bits per heavy atom. The summed E-state index contributed by atoms with van der Waals surface area (Å²) in [6.45, 7) is 5.89. The molecule has 2 N–H and O–H groups in total. The highest BCUT2D eigenvalue weighted by molar-refractivity contribution is 7.99. The van der Waals surface area contributed by atoms with E-state index in [1.807, 2.05) is 44.2 Å². The lowest BCUT2D eigenvalue weighted by Gasteiger charge is -2.29. The number of nitrogens with one attached hydrogen (secondary N) is 2. The number of unbranched alkanes of at least 4 members (excludes halogenated alkanes) is 1. The molecule has 1 amide bonds. The Morgan fingerprint density at radius 3 is 2.70 bits per heavy atom. The van der Waals surface area contributed by atoms with E-state index in [2.05, 4.69) is 17.6 Å². The minimum atomic E-state index is -0.613. The number of aryl methyl sites for hydroxylation is 1. The quantitative estimate of drug-likeness (QED) is 0.130. The van der Waals surface area contributed by atoms with Crippen LogP contribution in [0.5, 0.6) is 11.5 Å². The molecule has 0 fully saturated rings. The molecule has 0 bridgehead atoms. The Balaban J connectivity index is 1.51. The molecule has 8 nitrogen and oxygen atoms in total. The fourth-order valence-corrected chi connectivity index (χ4v) is 5.95. The van der Waals surface area contributed by atoms with Gasteiger partial charge >= 0.3 is 0 Å². The number of benzene rings is 3. The van der Waals surface area contributed by atoms with Crippen molar-refractivity contribution in [2.24, 2.45) is 0 Å². The van der Waals surface area contributed by atoms with Gasteiger partial charge in [0.25, 0.3) is 5.91 Å². The Labute approximate surface area is 259 Å². The van der Waals surface area contributed by atoms with Crippen LogP contribution in [0.3, 0.4) is 0 Å². The van der Waals surface area contributed by atoms with Gasteiger partial charge in [-0.2, -0.15) is 4.98 Å². The number of methoxy groups -OCH3 is 1. The average molecular weight is 622 g/mol. The second-order valence-electron chi connectivity index (χ2n) is 10.2. The summed E-state index contributed by atoms with van der Waals surface area (Å²) in [7, 11) is 1.53. The number of allylic oxidation sites excluding steroid dienone is 1. The normalized spacial score (nSPS) is 14.2. The SMILES string of the molecule is CCCCSc1nc2n(n1)C(c1ccc(OCc3c(F)cccc3Cl)c(OC)c1)C(C(=O)Nc1cccc(C)c1)=C(C)N2. The number of nitrogens with zero attached hydrogens (tertiary/aromatic N) is 3. The summed E-state index contributed by atoms with van der Waals surface area (Å²) >= 11 is 7.77. The zero-order valence-electron chi connectivity index (χ0n) is 24.4. The van der Waals surface area contributed by atoms with Crippen LogP contribution in [0.25, 0.3) is 0 Å². The van der Waals surface area contributed by atoms with Crippen molar-refractivity contribution in [3.63, 3.8) is 0 Å². The molecule has 0 aliphatic carbocycles. The van der Waals surface area contributed by atoms with E-state index in [9.17, 15) is 9.18 Å². The molecule has 11 heteroatoms. The summed E-state index contributed by atoms with van der Waals surface area (Å²) in [5.74, 6) is 1.54. The molecule has 1 aromatic heterocycles. The number of aromatic nitrogens is 3. The van der Waals surface area contributed by atoms with Crippen molar-refractivity contribution in [3.05, 3.63) is 99.5 Å². The number of hydrogen-bond acceptors (Lipinski definition) is 7. The number of thioether (sulfide) groups is 1. The molecule has 224 valence electrons. The van der Waals surface area contributed by atoms with Gasteiger partial charge < -0.3 is 20.1 Å². The maximum Gasteiger partial charge on any atom is 0.255 e. The monoisotopic (exact) mass is 621 g/mol. The summed E-state index contributed by atoms with van der Waals surface area (Å²) in [6, 6.07) is 16.9. The number of ether oxygens (including phenoxy) is 2. The Morgan fingerprint density at radius 2 is 1.95 bits per heavy atom. The van der Waals surface area contributed by atoms with E-state index < -0.39 is 11.9 Å². The van der Waals surface area contributed by atoms with Crippen molar-refractivity contribution < 1.29 is 18.7 Å². The number of amides is 1. The molecule has 3 aromatic carbocycles. The van der Waals surface area contributed by atoms with Gasteiger partial charge in [0.15, 0.2) is 11.5 Å². The number of carbonyl (C=O) groups is 1. The predicted molar refractivity (Wildman–Crippen MR) is 169 cm³/mol. The summed E-state index contributed by atoms with van der Waals surface area (Å²) in [5.41, 5.74) is 3.86. The van der Waals surface area contributed by atoms with Crippen LogP contribution in [0.1, 0.15) is 49.4 Å². The molecule has 2 heterocycles. The Kier molecular flexibility index (Phi) is 9.57. The molecular formula is C32H33ClFN5O3S. The van der Waals surface area contributed by atoms with Crippen LogP contribution in [-0.4, -0.2) is 33.5 Å². The zero-order valence-corrected chi connectivity index (χ0v) is 26.0. The van der Waals surface area contributed by atoms with Gasteiger partial charge in [0.05, 0.1) is 17.7 Å². The molecule has 0 saturated carbocycles. The minimum absolute atomic E-state index is 0.0801. The first-order valence-electron chi connectivity index (χ1n) is 14.0. The second-order valence-corrected chi connectivity index (χ2v) is 11.6. The predicted octanol–water partition coefficient (Wildman–Crippen LogP) is 7.79. The summed E-state index contributed by atoms with van der Waals surface area (Å²) in [6.07, 6.45) is 2.12. The molecule has 43 heavy (non-hydrogen) atoms. The van der Waals surface area contributed by atoms with Gasteiger partial charge in [-0.1, -0.05) is 61.0 Å². The van der Waals surface area contributed by atoms with Crippen LogP contribution in [0.2, 0.25) is 5.02 Å². The highest BCUT2D eigenvalue weighted by Crippen LogP contribution is 2.40. The van der Waals surface area contributed by atoms with Crippen molar-refractivity contribution >= 4 is 40.9 Å². The third-order valence-electron chi connectivity index (χ3n) is 7.02. The lowest BCUT2D eigenvalue weighted by atomic mass is 9.94. The van der Waals surface area contributed by atoms with E-state index in [4.69, 9.17) is 31.2 Å². The van der Waals surface area contributed by atoms with Gasteiger partial charge in [0, 0.05) is 22.7 Å². The highest BCUT2D eigenvalue weighted by Gasteiger charge is 2.35. The van der Waals surface area contributed by atoms with Crippen LogP contribution < -0.4 is 20.1 Å². The third-order valence-corrected chi connectivity index (χ3v) is 8.30. The first kappa shape index (κ1) is 30.4. The first-order chi connectivity index (χ1) is 20.8. The van der Waals surface area contributed by atoms with Crippen molar-refractivity contribution in [3.8, 4) is 11.5 Å². The molecule has 1 atom stereocenters. The fraction of sp³-hybridized carbons (Fsp3) is 0.281. The topological polar surface area (TPSA) is 90.3 Å². The number of hydrogen-bond donors (Lipinski definition) is 2. The van der Waals surface area contributed by atoms with Crippen LogP contribution >= 0.6 is 23.4 Å². The Hall–Kier alpha value is -4.02. The van der Waals surface area contributed by atoms with Crippen molar-refractivity contribution in [2.45, 2.75) is 51.4 Å². The minimum Gasteiger partial charge on any atom is -0.493 e. The maximum absolute atomic E-state index is 14.4. The van der Waals surface area contributed by atoms with Crippen molar-refractivity contribution in [2.75, 3.05) is 23.5 Å². The summed E-state index contributed by atoms with van der Waals surface area (Å²) in [4.78, 5) is 18.6. The zero-order chi connectivity index (χ0) is 30.5. The van der Waals surface area contributed by atoms with Gasteiger partial charge in [0.1, 0.15) is 18.5 Å². The lowest BCUT2D eigenvalue weighted by molar-refractivity contribution is -0.113. The van der Waals surface area contributed by atoms with Crippen LogP contribution in [-0.2, 0) is 11.4 Å². The van der Waals surface area contributed by atoms with E-state index in [0.717, 1.165) is 29.7 Å². The van der Waals surface area contributed by atoms with E-state index in [1.165, 1.54) is 13.2 Å². The van der Waals surface area contributed by atoms with Crippen molar-refractivity contribution in [1.82, 2.24) is 14.8 Å². The van der Waals surface area contributed by atoms with E-state index in [-0.39, 0.29) is 23.1 Å². The smallest absolute Gasteiger partial charge is 0.255 e. The molecule has 5 rings (SSSR count). The van der Waals surface area contributed by atoms with E-state index >= 15 is 0 Å². The molecule has 1 aliphatic rings. The molecule has 0 spiro atoms. The average Bonchev–Trinajstić information content (AvgIpc) is 3.38.